The first-order valence-electron chi connectivity index (χ1n) is 16.2. The number of methoxy groups -OCH3 is 4. The predicted molar refractivity (Wildman–Crippen MR) is 197 cm³/mol. The number of rotatable bonds is 13. The van der Waals surface area contributed by atoms with Gasteiger partial charge in [-0.05, 0) is 106 Å². The zero-order chi connectivity index (χ0) is 36.8. The minimum atomic E-state index is 0.0186. The molecule has 8 heteroatoms. The molecule has 0 fully saturated rings. The molecule has 0 saturated heterocycles. The molecule has 0 aliphatic heterocycles. The summed E-state index contributed by atoms with van der Waals surface area (Å²) in [6.07, 6.45) is 3.58. The van der Waals surface area contributed by atoms with Crippen LogP contribution in [-0.4, -0.2) is 64.8 Å². The summed E-state index contributed by atoms with van der Waals surface area (Å²) in [6.45, 7) is 10.2. The van der Waals surface area contributed by atoms with Crippen molar-refractivity contribution in [3.05, 3.63) is 107 Å². The number of benzene rings is 4. The van der Waals surface area contributed by atoms with Gasteiger partial charge in [-0.3, -0.25) is 19.2 Å². The van der Waals surface area contributed by atoms with Gasteiger partial charge >= 0.3 is 0 Å². The van der Waals surface area contributed by atoms with E-state index in [0.29, 0.717) is 16.7 Å². The van der Waals surface area contributed by atoms with E-state index in [-0.39, 0.29) is 23.1 Å². The van der Waals surface area contributed by atoms with Crippen LogP contribution in [0, 0.1) is 5.92 Å². The van der Waals surface area contributed by atoms with Gasteiger partial charge in [-0.1, -0.05) is 49.4 Å². The molecule has 1 atom stereocenters. The van der Waals surface area contributed by atoms with Crippen molar-refractivity contribution < 1.29 is 38.1 Å². The lowest BCUT2D eigenvalue weighted by Crippen LogP contribution is -2.01. The molecule has 1 unspecified atom stereocenters. The van der Waals surface area contributed by atoms with Crippen molar-refractivity contribution in [2.75, 3.05) is 41.7 Å². The zero-order valence-corrected chi connectivity index (χ0v) is 30.5. The van der Waals surface area contributed by atoms with Crippen molar-refractivity contribution in [3.8, 4) is 11.5 Å². The zero-order valence-electron chi connectivity index (χ0n) is 30.5. The summed E-state index contributed by atoms with van der Waals surface area (Å²) in [4.78, 5) is 43.7. The minimum absolute atomic E-state index is 0.0186. The van der Waals surface area contributed by atoms with Crippen LogP contribution in [0.1, 0.15) is 95.3 Å². The molecule has 0 N–H and O–H groups in total. The molecule has 0 aliphatic rings. The Kier molecular flexibility index (Phi) is 20.4. The average Bonchev–Trinajstić information content (AvgIpc) is 3.11. The fourth-order valence-corrected chi connectivity index (χ4v) is 4.37. The molecular weight excluding hydrogens is 620 g/mol. The van der Waals surface area contributed by atoms with Crippen LogP contribution in [0.4, 0.5) is 0 Å². The Morgan fingerprint density at radius 3 is 1.31 bits per heavy atom. The molecule has 4 rings (SSSR count). The minimum Gasteiger partial charge on any atom is -0.497 e. The largest absolute Gasteiger partial charge is 0.497 e. The molecule has 264 valence electrons. The highest BCUT2D eigenvalue weighted by molar-refractivity contribution is 5.99. The van der Waals surface area contributed by atoms with Gasteiger partial charge in [-0.2, -0.15) is 0 Å². The summed E-state index contributed by atoms with van der Waals surface area (Å²) < 4.78 is 20.0. The van der Waals surface area contributed by atoms with Crippen molar-refractivity contribution >= 4 is 33.9 Å². The van der Waals surface area contributed by atoms with Gasteiger partial charge in [0.25, 0.3) is 0 Å². The van der Waals surface area contributed by atoms with Crippen LogP contribution >= 0.6 is 0 Å². The number of carbonyl (C=O) groups is 4. The fraction of sp³-hybridized carbons (Fsp3) is 0.366. The summed E-state index contributed by atoms with van der Waals surface area (Å²) in [5, 5.41) is 2.14. The first-order valence-corrected chi connectivity index (χ1v) is 16.2. The molecule has 0 radical (unpaired) electrons. The van der Waals surface area contributed by atoms with Gasteiger partial charge in [0.2, 0.25) is 0 Å². The van der Waals surface area contributed by atoms with Crippen LogP contribution in [0.2, 0.25) is 0 Å². The van der Waals surface area contributed by atoms with Crippen LogP contribution < -0.4 is 9.47 Å². The van der Waals surface area contributed by atoms with E-state index in [1.807, 2.05) is 36.4 Å². The van der Waals surface area contributed by atoms with Gasteiger partial charge in [-0.15, -0.1) is 0 Å². The van der Waals surface area contributed by atoms with E-state index in [1.165, 1.54) is 33.1 Å². The lowest BCUT2D eigenvalue weighted by molar-refractivity contribution is 0.100. The van der Waals surface area contributed by atoms with E-state index in [1.54, 1.807) is 90.8 Å². The third-order valence-corrected chi connectivity index (χ3v) is 7.51. The number of hydrogen-bond acceptors (Lipinski definition) is 8. The van der Waals surface area contributed by atoms with E-state index in [0.717, 1.165) is 47.0 Å². The van der Waals surface area contributed by atoms with Gasteiger partial charge in [-0.25, -0.2) is 0 Å². The van der Waals surface area contributed by atoms with Gasteiger partial charge in [0.15, 0.2) is 23.1 Å². The quantitative estimate of drug-likeness (QED) is 0.102. The molecule has 0 heterocycles. The molecule has 8 nitrogen and oxygen atoms in total. The molecule has 0 aliphatic carbocycles. The van der Waals surface area contributed by atoms with E-state index in [2.05, 4.69) is 6.92 Å². The van der Waals surface area contributed by atoms with Crippen LogP contribution in [0.5, 0.6) is 11.5 Å². The highest BCUT2D eigenvalue weighted by atomic mass is 16.5. The number of fused-ring (bicyclic) bond motifs is 1. The second-order valence-electron chi connectivity index (χ2n) is 11.5. The highest BCUT2D eigenvalue weighted by Crippen LogP contribution is 2.22. The monoisotopic (exact) mass is 672 g/mol. The number of hydrogen-bond donors (Lipinski definition) is 0. The number of ether oxygens (including phenoxy) is 4. The third-order valence-electron chi connectivity index (χ3n) is 7.51. The van der Waals surface area contributed by atoms with Gasteiger partial charge in [0, 0.05) is 49.7 Å². The van der Waals surface area contributed by atoms with E-state index in [9.17, 15) is 19.2 Å². The number of carbonyl (C=O) groups excluding carboxylic acids is 4. The maximum atomic E-state index is 11.2. The van der Waals surface area contributed by atoms with Gasteiger partial charge in [0.05, 0.1) is 14.2 Å². The van der Waals surface area contributed by atoms with E-state index < -0.39 is 0 Å². The second-order valence-corrected chi connectivity index (χ2v) is 11.5. The third kappa shape index (κ3) is 16.8. The Labute approximate surface area is 291 Å². The lowest BCUT2D eigenvalue weighted by atomic mass is 10.0. The molecule has 49 heavy (non-hydrogen) atoms. The molecule has 4 aromatic rings. The molecular formula is C41H52O8. The SMILES string of the molecule is CC(=O)c1ccc(C(C)=O)cc1.COCCCC(C)CCOC.COc1ccc(C(C)=O)cc1.COc1ccc2cc(C(C)=O)ccc2c1. The Balaban J connectivity index is 0.000000330. The molecule has 0 spiro atoms. The predicted octanol–water partition coefficient (Wildman–Crippen LogP) is 9.13. The van der Waals surface area contributed by atoms with Crippen LogP contribution in [0.25, 0.3) is 10.8 Å². The second kappa shape index (κ2) is 23.6. The summed E-state index contributed by atoms with van der Waals surface area (Å²) in [6, 6.07) is 25.2. The first-order chi connectivity index (χ1) is 23.4. The normalized spacial score (nSPS) is 10.6. The smallest absolute Gasteiger partial charge is 0.159 e. The molecule has 0 aromatic heterocycles. The Morgan fingerprint density at radius 2 is 0.878 bits per heavy atom. The summed E-state index contributed by atoms with van der Waals surface area (Å²) in [5.41, 5.74) is 2.73. The van der Waals surface area contributed by atoms with E-state index in [4.69, 9.17) is 18.9 Å². The van der Waals surface area contributed by atoms with Crippen LogP contribution in [-0.2, 0) is 9.47 Å². The van der Waals surface area contributed by atoms with Gasteiger partial charge < -0.3 is 18.9 Å². The Morgan fingerprint density at radius 1 is 0.490 bits per heavy atom. The van der Waals surface area contributed by atoms with Crippen LogP contribution in [0.3, 0.4) is 0 Å². The molecule has 4 aromatic carbocycles. The van der Waals surface area contributed by atoms with Crippen molar-refractivity contribution in [1.82, 2.24) is 0 Å². The standard InChI is InChI=1S/C13H12O2.C10H10O2.C9H10O2.C9H20O2/c1-9(14)10-3-4-12-8-13(15-2)6-5-11(12)7-10;1-7(11)9-3-5-10(6-4-9)8(2)12;1-7(10)8-3-5-9(11-2)6-4-8;1-9(6-8-11-3)5-4-7-10-2/h3-8H,1-2H3;3-6H,1-2H3;3-6H,1-2H3;9H,4-8H2,1-3H3. The van der Waals surface area contributed by atoms with Gasteiger partial charge in [0.1, 0.15) is 11.5 Å². The maximum Gasteiger partial charge on any atom is 0.159 e. The lowest BCUT2D eigenvalue weighted by Gasteiger charge is -2.09. The van der Waals surface area contributed by atoms with Crippen molar-refractivity contribution in [2.24, 2.45) is 5.92 Å². The summed E-state index contributed by atoms with van der Waals surface area (Å²) in [5.74, 6) is 2.58. The highest BCUT2D eigenvalue weighted by Gasteiger charge is 2.03. The summed E-state index contributed by atoms with van der Waals surface area (Å²) >= 11 is 0. The number of ketones is 4. The Hall–Kier alpha value is -4.66. The average molecular weight is 673 g/mol. The molecule has 0 amide bonds. The first kappa shape index (κ1) is 42.4. The van der Waals surface area contributed by atoms with Crippen molar-refractivity contribution in [1.29, 1.82) is 0 Å². The van der Waals surface area contributed by atoms with Crippen LogP contribution in [0.15, 0.2) is 84.9 Å². The molecule has 0 bridgehead atoms. The van der Waals surface area contributed by atoms with Crippen molar-refractivity contribution in [3.63, 3.8) is 0 Å². The number of Topliss-reactive ketones (excluding diaryl/α,β-unsaturated/α-hetero) is 4. The Bertz CT molecular complexity index is 1560. The van der Waals surface area contributed by atoms with E-state index >= 15 is 0 Å². The maximum absolute atomic E-state index is 11.2. The van der Waals surface area contributed by atoms with Crippen molar-refractivity contribution in [2.45, 2.75) is 53.9 Å². The summed E-state index contributed by atoms with van der Waals surface area (Å²) in [7, 11) is 6.75. The topological polar surface area (TPSA) is 105 Å². The molecule has 0 saturated carbocycles. The fourth-order valence-electron chi connectivity index (χ4n) is 4.37.